The first-order valence-corrected chi connectivity index (χ1v) is 3.77. The molecule has 0 spiro atoms. The molecule has 0 aromatic heterocycles. The van der Waals surface area contributed by atoms with E-state index in [9.17, 15) is 48.3 Å². The van der Waals surface area contributed by atoms with Gasteiger partial charge in [-0.2, -0.15) is 39.5 Å². The Morgan fingerprint density at radius 2 is 1.17 bits per heavy atom. The van der Waals surface area contributed by atoms with Crippen LogP contribution < -0.4 is 0 Å². The van der Waals surface area contributed by atoms with Gasteiger partial charge in [-0.25, -0.2) is 8.78 Å². The van der Waals surface area contributed by atoms with E-state index in [1.807, 2.05) is 0 Å². The first-order chi connectivity index (χ1) is 7.65. The second-order valence-corrected chi connectivity index (χ2v) is 2.92. The van der Waals surface area contributed by atoms with E-state index < -0.39 is 37.2 Å². The Morgan fingerprint density at radius 3 is 1.44 bits per heavy atom. The molecule has 0 heterocycles. The van der Waals surface area contributed by atoms with E-state index in [4.69, 9.17) is 0 Å². The molecule has 0 aliphatic heterocycles. The van der Waals surface area contributed by atoms with E-state index in [0.717, 1.165) is 0 Å². The molecular formula is C6H3F11O. The van der Waals surface area contributed by atoms with Crippen LogP contribution in [-0.2, 0) is 4.74 Å². The second kappa shape index (κ2) is 4.70. The van der Waals surface area contributed by atoms with Crippen LogP contribution in [0.3, 0.4) is 0 Å². The minimum Gasteiger partial charge on any atom is -0.306 e. The van der Waals surface area contributed by atoms with Crippen molar-refractivity contribution in [2.45, 2.75) is 30.6 Å². The predicted molar refractivity (Wildman–Crippen MR) is 32.9 cm³/mol. The summed E-state index contributed by atoms with van der Waals surface area (Å²) in [7, 11) is 0. The number of halogens is 11. The van der Waals surface area contributed by atoms with Crippen LogP contribution in [0.2, 0.25) is 0 Å². The van der Waals surface area contributed by atoms with Crippen molar-refractivity contribution in [1.29, 1.82) is 0 Å². The Hall–Kier alpha value is -0.810. The third kappa shape index (κ3) is 3.36. The van der Waals surface area contributed by atoms with Crippen LogP contribution in [0.25, 0.3) is 0 Å². The summed E-state index contributed by atoms with van der Waals surface area (Å²) in [4.78, 5) is 0. The standard InChI is InChI=1S/C6H3F11O/c7-2(8)4(12,13)5(14,15)6(16,17)18-1-3(9,10)11/h2H,1H2. The second-order valence-electron chi connectivity index (χ2n) is 2.92. The lowest BCUT2D eigenvalue weighted by atomic mass is 10.1. The van der Waals surface area contributed by atoms with Crippen molar-refractivity contribution in [3.63, 3.8) is 0 Å². The highest BCUT2D eigenvalue weighted by Crippen LogP contribution is 2.49. The highest BCUT2D eigenvalue weighted by molar-refractivity contribution is 4.93. The fourth-order valence-electron chi connectivity index (χ4n) is 0.594. The molecule has 110 valence electrons. The van der Waals surface area contributed by atoms with Crippen molar-refractivity contribution in [3.8, 4) is 0 Å². The van der Waals surface area contributed by atoms with Crippen LogP contribution >= 0.6 is 0 Å². The Balaban J connectivity index is 5.08. The Bertz CT molecular complexity index is 280. The lowest BCUT2D eigenvalue weighted by Gasteiger charge is -2.31. The Kier molecular flexibility index (Phi) is 4.49. The van der Waals surface area contributed by atoms with Crippen LogP contribution in [0.5, 0.6) is 0 Å². The summed E-state index contributed by atoms with van der Waals surface area (Å²) in [6.45, 7) is -3.01. The third-order valence-electron chi connectivity index (χ3n) is 1.48. The topological polar surface area (TPSA) is 9.23 Å². The molecule has 0 fully saturated rings. The summed E-state index contributed by atoms with van der Waals surface area (Å²) in [5.74, 6) is -13.4. The van der Waals surface area contributed by atoms with Crippen LogP contribution in [0, 0.1) is 0 Å². The van der Waals surface area contributed by atoms with Gasteiger partial charge < -0.3 is 4.74 Å². The molecule has 0 atom stereocenters. The molecule has 1 nitrogen and oxygen atoms in total. The van der Waals surface area contributed by atoms with Gasteiger partial charge in [0.2, 0.25) is 0 Å². The van der Waals surface area contributed by atoms with Crippen molar-refractivity contribution in [3.05, 3.63) is 0 Å². The van der Waals surface area contributed by atoms with Gasteiger partial charge in [0.15, 0.2) is 0 Å². The van der Waals surface area contributed by atoms with E-state index in [0.29, 0.717) is 0 Å². The van der Waals surface area contributed by atoms with Crippen LogP contribution in [0.15, 0.2) is 0 Å². The molecule has 0 aliphatic rings. The average Bonchev–Trinajstić information content (AvgIpc) is 2.13. The molecule has 0 N–H and O–H groups in total. The van der Waals surface area contributed by atoms with Gasteiger partial charge in [0.1, 0.15) is 6.61 Å². The predicted octanol–water partition coefficient (Wildman–Crippen LogP) is 3.69. The SMILES string of the molecule is FC(F)C(F)(F)C(F)(F)C(F)(F)OCC(F)(F)F. The van der Waals surface area contributed by atoms with Gasteiger partial charge in [-0.15, -0.1) is 0 Å². The van der Waals surface area contributed by atoms with Crippen molar-refractivity contribution < 1.29 is 53.0 Å². The number of hydrogen-bond acceptors (Lipinski definition) is 1. The highest BCUT2D eigenvalue weighted by atomic mass is 19.4. The lowest BCUT2D eigenvalue weighted by molar-refractivity contribution is -0.422. The van der Waals surface area contributed by atoms with E-state index in [1.54, 1.807) is 0 Å². The van der Waals surface area contributed by atoms with E-state index in [2.05, 4.69) is 4.74 Å². The van der Waals surface area contributed by atoms with Crippen molar-refractivity contribution in [2.75, 3.05) is 6.61 Å². The summed E-state index contributed by atoms with van der Waals surface area (Å²) in [6.07, 6.45) is -17.2. The maximum absolute atomic E-state index is 12.3. The number of rotatable bonds is 5. The molecule has 0 saturated heterocycles. The largest absolute Gasteiger partial charge is 0.426 e. The lowest BCUT2D eigenvalue weighted by Crippen LogP contribution is -2.59. The van der Waals surface area contributed by atoms with E-state index in [1.165, 1.54) is 0 Å². The number of ether oxygens (including phenoxy) is 1. The fraction of sp³-hybridized carbons (Fsp3) is 1.00. The number of hydrogen-bond donors (Lipinski definition) is 0. The molecule has 0 bridgehead atoms. The minimum atomic E-state index is -6.81. The summed E-state index contributed by atoms with van der Waals surface area (Å²) in [6, 6.07) is 0. The maximum Gasteiger partial charge on any atom is 0.426 e. The molecule has 0 aromatic carbocycles. The molecule has 0 unspecified atom stereocenters. The van der Waals surface area contributed by atoms with Gasteiger partial charge in [0, 0.05) is 0 Å². The van der Waals surface area contributed by atoms with Gasteiger partial charge in [-0.1, -0.05) is 0 Å². The van der Waals surface area contributed by atoms with Gasteiger partial charge in [0.05, 0.1) is 0 Å². The van der Waals surface area contributed by atoms with Crippen LogP contribution in [0.4, 0.5) is 48.3 Å². The maximum atomic E-state index is 12.3. The quantitative estimate of drug-likeness (QED) is 0.704. The summed E-state index contributed by atoms with van der Waals surface area (Å²) >= 11 is 0. The van der Waals surface area contributed by atoms with E-state index >= 15 is 0 Å². The van der Waals surface area contributed by atoms with Gasteiger partial charge >= 0.3 is 30.6 Å². The average molecular weight is 300 g/mol. The zero-order valence-corrected chi connectivity index (χ0v) is 7.85. The number of alkyl halides is 11. The highest BCUT2D eigenvalue weighted by Gasteiger charge is 2.77. The van der Waals surface area contributed by atoms with Crippen molar-refractivity contribution in [2.24, 2.45) is 0 Å². The summed E-state index contributed by atoms with van der Waals surface area (Å²) in [5, 5.41) is 0. The molecule has 12 heteroatoms. The monoisotopic (exact) mass is 300 g/mol. The van der Waals surface area contributed by atoms with Gasteiger partial charge in [-0.05, 0) is 0 Å². The minimum absolute atomic E-state index is 2.27. The molecule has 0 aliphatic carbocycles. The molecular weight excluding hydrogens is 297 g/mol. The summed E-state index contributed by atoms with van der Waals surface area (Å²) in [5.41, 5.74) is 0. The Morgan fingerprint density at radius 1 is 0.778 bits per heavy atom. The molecule has 0 saturated carbocycles. The first-order valence-electron chi connectivity index (χ1n) is 3.77. The molecule has 0 aromatic rings. The van der Waals surface area contributed by atoms with Crippen LogP contribution in [0.1, 0.15) is 0 Å². The smallest absolute Gasteiger partial charge is 0.306 e. The van der Waals surface area contributed by atoms with Crippen molar-refractivity contribution in [1.82, 2.24) is 0 Å². The normalized spacial score (nSPS) is 15.3. The van der Waals surface area contributed by atoms with Gasteiger partial charge in [-0.3, -0.25) is 0 Å². The zero-order valence-electron chi connectivity index (χ0n) is 7.85. The third-order valence-corrected chi connectivity index (χ3v) is 1.48. The molecule has 0 amide bonds. The molecule has 0 rings (SSSR count). The summed E-state index contributed by atoms with van der Waals surface area (Å²) < 4.78 is 133. The van der Waals surface area contributed by atoms with Crippen LogP contribution in [-0.4, -0.2) is 37.2 Å². The zero-order chi connectivity index (χ0) is 15.0. The first kappa shape index (κ1) is 17.2. The van der Waals surface area contributed by atoms with Gasteiger partial charge in [0.25, 0.3) is 0 Å². The molecule has 0 radical (unpaired) electrons. The fourth-order valence-corrected chi connectivity index (χ4v) is 0.594. The van der Waals surface area contributed by atoms with Crippen molar-refractivity contribution >= 4 is 0 Å². The van der Waals surface area contributed by atoms with E-state index in [-0.39, 0.29) is 0 Å². The molecule has 18 heavy (non-hydrogen) atoms. The Labute approximate surface area is 91.5 Å².